The molecule has 2 rings (SSSR count). The van der Waals surface area contributed by atoms with Crippen LogP contribution in [0.15, 0.2) is 11.8 Å². The lowest BCUT2D eigenvalue weighted by Crippen LogP contribution is -2.24. The van der Waals surface area contributed by atoms with Gasteiger partial charge < -0.3 is 15.3 Å². The van der Waals surface area contributed by atoms with E-state index in [0.29, 0.717) is 12.8 Å². The van der Waals surface area contributed by atoms with Crippen LogP contribution < -0.4 is 0 Å². The monoisotopic (exact) mass is 142 g/mol. The summed E-state index contributed by atoms with van der Waals surface area (Å²) in [6.07, 6.45) is 1.77. The highest BCUT2D eigenvalue weighted by atomic mass is 16.3. The van der Waals surface area contributed by atoms with Gasteiger partial charge in [0.2, 0.25) is 0 Å². The van der Waals surface area contributed by atoms with E-state index in [-0.39, 0.29) is 11.7 Å². The first-order valence-corrected chi connectivity index (χ1v) is 3.43. The van der Waals surface area contributed by atoms with Crippen LogP contribution in [0.1, 0.15) is 12.8 Å². The van der Waals surface area contributed by atoms with E-state index in [2.05, 4.69) is 0 Å². The molecule has 0 aliphatic heterocycles. The van der Waals surface area contributed by atoms with Gasteiger partial charge in [0, 0.05) is 12.3 Å². The Labute approximate surface area is 58.6 Å². The maximum absolute atomic E-state index is 9.49. The van der Waals surface area contributed by atoms with Crippen LogP contribution in [0.5, 0.6) is 0 Å². The topological polar surface area (TPSA) is 60.7 Å². The molecule has 0 aromatic heterocycles. The van der Waals surface area contributed by atoms with E-state index in [4.69, 9.17) is 5.11 Å². The minimum absolute atomic E-state index is 0.154. The highest BCUT2D eigenvalue weighted by Gasteiger charge is 2.49. The molecule has 0 radical (unpaired) electrons. The summed E-state index contributed by atoms with van der Waals surface area (Å²) >= 11 is 0. The van der Waals surface area contributed by atoms with Gasteiger partial charge in [0.25, 0.3) is 0 Å². The maximum atomic E-state index is 9.49. The van der Waals surface area contributed by atoms with Crippen LogP contribution in [0.3, 0.4) is 0 Å². The summed E-state index contributed by atoms with van der Waals surface area (Å²) < 4.78 is 0. The van der Waals surface area contributed by atoms with Crippen LogP contribution in [0.4, 0.5) is 0 Å². The van der Waals surface area contributed by atoms with E-state index in [9.17, 15) is 10.2 Å². The smallest absolute Gasteiger partial charge is 0.0969 e. The van der Waals surface area contributed by atoms with Crippen molar-refractivity contribution in [3.63, 3.8) is 0 Å². The third-order valence-electron chi connectivity index (χ3n) is 2.40. The highest BCUT2D eigenvalue weighted by Crippen LogP contribution is 2.45. The third kappa shape index (κ3) is 0.617. The Balaban J connectivity index is 2.34. The van der Waals surface area contributed by atoms with Gasteiger partial charge in [-0.15, -0.1) is 0 Å². The number of hydrogen-bond acceptors (Lipinski definition) is 3. The molecule has 3 nitrogen and oxygen atoms in total. The van der Waals surface area contributed by atoms with Crippen molar-refractivity contribution in [1.29, 1.82) is 0 Å². The average Bonchev–Trinajstić information content (AvgIpc) is 2.17. The van der Waals surface area contributed by atoms with Gasteiger partial charge in [0.05, 0.1) is 17.5 Å². The minimum atomic E-state index is -0.909. The van der Waals surface area contributed by atoms with Crippen LogP contribution in [0.25, 0.3) is 0 Å². The standard InChI is InChI=1S/C7H10O3/c8-5-2-7(10)1-4(5)6(9)3-7/h2,4,6,8-10H,1,3H2. The molecule has 1 fully saturated rings. The second-order valence-corrected chi connectivity index (χ2v) is 3.25. The van der Waals surface area contributed by atoms with Crippen LogP contribution in [0.2, 0.25) is 0 Å². The summed E-state index contributed by atoms with van der Waals surface area (Å²) in [5, 5.41) is 27.8. The summed E-state index contributed by atoms with van der Waals surface area (Å²) in [6, 6.07) is 0. The molecular weight excluding hydrogens is 132 g/mol. The van der Waals surface area contributed by atoms with Gasteiger partial charge in [0.1, 0.15) is 0 Å². The zero-order chi connectivity index (χ0) is 7.35. The first kappa shape index (κ1) is 6.19. The Morgan fingerprint density at radius 2 is 2.20 bits per heavy atom. The Kier molecular flexibility index (Phi) is 0.956. The molecular formula is C7H10O3. The molecule has 3 unspecified atom stereocenters. The first-order chi connectivity index (χ1) is 4.61. The molecule has 0 aromatic rings. The van der Waals surface area contributed by atoms with E-state index in [1.807, 2.05) is 0 Å². The van der Waals surface area contributed by atoms with Gasteiger partial charge in [-0.2, -0.15) is 0 Å². The fourth-order valence-electron chi connectivity index (χ4n) is 1.91. The minimum Gasteiger partial charge on any atom is -0.512 e. The fourth-order valence-corrected chi connectivity index (χ4v) is 1.91. The van der Waals surface area contributed by atoms with E-state index >= 15 is 0 Å². The molecule has 3 N–H and O–H groups in total. The molecule has 3 heteroatoms. The third-order valence-corrected chi connectivity index (χ3v) is 2.40. The number of fused-ring (bicyclic) bond motifs is 2. The van der Waals surface area contributed by atoms with E-state index in [1.165, 1.54) is 6.08 Å². The predicted molar refractivity (Wildman–Crippen MR) is 34.4 cm³/mol. The van der Waals surface area contributed by atoms with Gasteiger partial charge in [0.15, 0.2) is 0 Å². The van der Waals surface area contributed by atoms with Gasteiger partial charge in [-0.25, -0.2) is 0 Å². The van der Waals surface area contributed by atoms with Crippen molar-refractivity contribution in [2.24, 2.45) is 5.92 Å². The Bertz CT molecular complexity index is 199. The molecule has 3 atom stereocenters. The zero-order valence-corrected chi connectivity index (χ0v) is 5.49. The predicted octanol–water partition coefficient (Wildman–Crippen LogP) is -0.0561. The zero-order valence-electron chi connectivity index (χ0n) is 5.49. The maximum Gasteiger partial charge on any atom is 0.0969 e. The average molecular weight is 142 g/mol. The van der Waals surface area contributed by atoms with Crippen LogP contribution in [-0.4, -0.2) is 27.0 Å². The molecule has 0 heterocycles. The molecule has 0 aromatic carbocycles. The van der Waals surface area contributed by atoms with Crippen molar-refractivity contribution >= 4 is 0 Å². The Morgan fingerprint density at radius 1 is 1.50 bits per heavy atom. The highest BCUT2D eigenvalue weighted by molar-refractivity contribution is 5.24. The van der Waals surface area contributed by atoms with E-state index < -0.39 is 11.7 Å². The SMILES string of the molecule is OC1=CC2(O)CC(O)C1C2. The van der Waals surface area contributed by atoms with Gasteiger partial charge >= 0.3 is 0 Å². The quantitative estimate of drug-likeness (QED) is 0.444. The lowest BCUT2D eigenvalue weighted by Gasteiger charge is -2.17. The second kappa shape index (κ2) is 1.54. The lowest BCUT2D eigenvalue weighted by atomic mass is 10.0. The molecule has 2 aliphatic carbocycles. The van der Waals surface area contributed by atoms with Crippen LogP contribution in [-0.2, 0) is 0 Å². The van der Waals surface area contributed by atoms with Crippen LogP contribution in [0, 0.1) is 5.92 Å². The van der Waals surface area contributed by atoms with Crippen molar-refractivity contribution in [2.45, 2.75) is 24.5 Å². The summed E-state index contributed by atoms with van der Waals surface area (Å²) in [5.41, 5.74) is -0.909. The van der Waals surface area contributed by atoms with Crippen molar-refractivity contribution in [3.05, 3.63) is 11.8 Å². The van der Waals surface area contributed by atoms with Crippen molar-refractivity contribution in [2.75, 3.05) is 0 Å². The Hall–Kier alpha value is -0.540. The molecule has 0 spiro atoms. The van der Waals surface area contributed by atoms with Crippen LogP contribution >= 0.6 is 0 Å². The number of aliphatic hydroxyl groups is 3. The number of hydrogen-bond donors (Lipinski definition) is 3. The molecule has 2 aliphatic rings. The fraction of sp³-hybridized carbons (Fsp3) is 0.714. The van der Waals surface area contributed by atoms with Gasteiger partial charge in [-0.3, -0.25) is 0 Å². The summed E-state index contributed by atoms with van der Waals surface area (Å²) in [7, 11) is 0. The molecule has 0 saturated heterocycles. The second-order valence-electron chi connectivity index (χ2n) is 3.25. The number of aliphatic hydroxyl groups excluding tert-OH is 2. The summed E-state index contributed by atoms with van der Waals surface area (Å²) in [4.78, 5) is 0. The van der Waals surface area contributed by atoms with E-state index in [0.717, 1.165) is 0 Å². The summed E-state index contributed by atoms with van der Waals surface area (Å²) in [6.45, 7) is 0. The summed E-state index contributed by atoms with van der Waals surface area (Å²) in [5.74, 6) is -0.0498. The van der Waals surface area contributed by atoms with Gasteiger partial charge in [-0.05, 0) is 12.5 Å². The molecule has 1 saturated carbocycles. The number of rotatable bonds is 0. The molecule has 0 amide bonds. The largest absolute Gasteiger partial charge is 0.512 e. The first-order valence-electron chi connectivity index (χ1n) is 3.43. The normalized spacial score (nSPS) is 51.6. The van der Waals surface area contributed by atoms with Crippen molar-refractivity contribution in [3.8, 4) is 0 Å². The molecule has 56 valence electrons. The van der Waals surface area contributed by atoms with Gasteiger partial charge in [-0.1, -0.05) is 0 Å². The van der Waals surface area contributed by atoms with Crippen molar-refractivity contribution < 1.29 is 15.3 Å². The lowest BCUT2D eigenvalue weighted by molar-refractivity contribution is 0.0654. The van der Waals surface area contributed by atoms with E-state index in [1.54, 1.807) is 0 Å². The van der Waals surface area contributed by atoms with Crippen molar-refractivity contribution in [1.82, 2.24) is 0 Å². The molecule has 10 heavy (non-hydrogen) atoms. The molecule has 2 bridgehead atoms. The Morgan fingerprint density at radius 3 is 2.50 bits per heavy atom.